The summed E-state index contributed by atoms with van der Waals surface area (Å²) in [7, 11) is 0. The van der Waals surface area contributed by atoms with Crippen LogP contribution in [0.5, 0.6) is 0 Å². The number of carbonyl (C=O) groups excluding carboxylic acids is 1. The number of hydrogen-bond acceptors (Lipinski definition) is 10. The van der Waals surface area contributed by atoms with Crippen LogP contribution in [0, 0.1) is 5.92 Å². The molecule has 0 unspecified atom stereocenters. The Bertz CT molecular complexity index is 1200. The number of pyridine rings is 2. The molecule has 0 radical (unpaired) electrons. The first-order valence-electron chi connectivity index (χ1n) is 10.7. The van der Waals surface area contributed by atoms with Crippen molar-refractivity contribution in [1.29, 1.82) is 0 Å². The molecule has 1 saturated carbocycles. The Balaban J connectivity index is 1.12. The second-order valence-corrected chi connectivity index (χ2v) is 9.98. The molecule has 2 N–H and O–H groups in total. The van der Waals surface area contributed by atoms with Gasteiger partial charge in [0.2, 0.25) is 16.2 Å². The fraction of sp³-hybridized carbons (Fsp3) is 0.318. The minimum Gasteiger partial charge on any atom is -0.315 e. The SMILES string of the molecule is O=C(Cc1ccccn1)Nc1nnc(C[C@H]2CC[C@@H](c3nnc(Nc4ccccn4)s3)C2)s1. The summed E-state index contributed by atoms with van der Waals surface area (Å²) in [5.41, 5.74) is 0.729. The second-order valence-electron chi connectivity index (χ2n) is 7.91. The molecular formula is C22H22N8OS2. The molecule has 11 heteroatoms. The van der Waals surface area contributed by atoms with Crippen molar-refractivity contribution in [3.05, 3.63) is 64.5 Å². The smallest absolute Gasteiger partial charge is 0.232 e. The van der Waals surface area contributed by atoms with Crippen LogP contribution in [0.4, 0.5) is 16.1 Å². The molecule has 168 valence electrons. The third-order valence-corrected chi connectivity index (χ3v) is 7.34. The molecule has 4 heterocycles. The molecule has 4 aromatic heterocycles. The molecule has 0 bridgehead atoms. The van der Waals surface area contributed by atoms with Crippen molar-refractivity contribution in [2.75, 3.05) is 10.6 Å². The van der Waals surface area contributed by atoms with Crippen molar-refractivity contribution < 1.29 is 4.79 Å². The molecule has 1 aliphatic carbocycles. The number of hydrogen-bond donors (Lipinski definition) is 2. The maximum absolute atomic E-state index is 12.2. The molecule has 0 aromatic carbocycles. The average molecular weight is 479 g/mol. The van der Waals surface area contributed by atoms with E-state index in [1.807, 2.05) is 36.4 Å². The minimum atomic E-state index is -0.135. The van der Waals surface area contributed by atoms with E-state index >= 15 is 0 Å². The topological polar surface area (TPSA) is 118 Å². The second kappa shape index (κ2) is 10.1. The third-order valence-electron chi connectivity index (χ3n) is 5.48. The molecule has 1 aliphatic rings. The van der Waals surface area contributed by atoms with E-state index in [0.29, 0.717) is 17.0 Å². The zero-order valence-corrected chi connectivity index (χ0v) is 19.4. The van der Waals surface area contributed by atoms with Gasteiger partial charge in [0, 0.05) is 30.4 Å². The van der Waals surface area contributed by atoms with Gasteiger partial charge in [-0.05, 0) is 49.4 Å². The summed E-state index contributed by atoms with van der Waals surface area (Å²) in [6.45, 7) is 0. The Morgan fingerprint density at radius 2 is 1.79 bits per heavy atom. The first-order valence-corrected chi connectivity index (χ1v) is 12.4. The fourth-order valence-corrected chi connectivity index (χ4v) is 5.71. The largest absolute Gasteiger partial charge is 0.315 e. The molecule has 0 aliphatic heterocycles. The van der Waals surface area contributed by atoms with Crippen LogP contribution in [0.25, 0.3) is 0 Å². The van der Waals surface area contributed by atoms with Gasteiger partial charge >= 0.3 is 0 Å². The maximum Gasteiger partial charge on any atom is 0.232 e. The number of carbonyl (C=O) groups is 1. The summed E-state index contributed by atoms with van der Waals surface area (Å²) in [5.74, 6) is 1.57. The standard InChI is InChI=1S/C22H22N8OS2/c31-18(13-16-5-1-3-9-23-16)26-22-29-27-19(32-22)12-14-7-8-15(11-14)20-28-30-21(33-20)25-17-6-2-4-10-24-17/h1-6,9-10,14-15H,7-8,11-13H2,(H,24,25,30)(H,26,29,31)/t14-,15+/m0/s1. The van der Waals surface area contributed by atoms with Crippen LogP contribution in [0.1, 0.15) is 40.9 Å². The van der Waals surface area contributed by atoms with E-state index < -0.39 is 0 Å². The highest BCUT2D eigenvalue weighted by Gasteiger charge is 2.29. The van der Waals surface area contributed by atoms with Gasteiger partial charge in [0.05, 0.1) is 6.42 Å². The normalized spacial score (nSPS) is 17.7. The zero-order valence-electron chi connectivity index (χ0n) is 17.7. The number of nitrogens with zero attached hydrogens (tertiary/aromatic N) is 6. The van der Waals surface area contributed by atoms with Crippen LogP contribution in [-0.4, -0.2) is 36.3 Å². The molecule has 2 atom stereocenters. The molecule has 4 aromatic rings. The average Bonchev–Trinajstić information content (AvgIpc) is 3.57. The Kier molecular flexibility index (Phi) is 6.58. The van der Waals surface area contributed by atoms with Gasteiger partial charge in [0.15, 0.2) is 0 Å². The first-order chi connectivity index (χ1) is 16.2. The van der Waals surface area contributed by atoms with Crippen molar-refractivity contribution in [2.24, 2.45) is 5.92 Å². The zero-order chi connectivity index (χ0) is 22.5. The summed E-state index contributed by atoms with van der Waals surface area (Å²) in [6, 6.07) is 11.2. The number of rotatable bonds is 8. The van der Waals surface area contributed by atoms with Gasteiger partial charge < -0.3 is 10.6 Å². The van der Waals surface area contributed by atoms with Crippen molar-refractivity contribution in [3.8, 4) is 0 Å². The monoisotopic (exact) mass is 478 g/mol. The van der Waals surface area contributed by atoms with Gasteiger partial charge in [0.1, 0.15) is 15.8 Å². The molecule has 1 fully saturated rings. The Morgan fingerprint density at radius 3 is 2.61 bits per heavy atom. The highest BCUT2D eigenvalue weighted by atomic mass is 32.1. The van der Waals surface area contributed by atoms with E-state index in [9.17, 15) is 4.79 Å². The molecule has 5 rings (SSSR count). The van der Waals surface area contributed by atoms with Crippen molar-refractivity contribution in [3.63, 3.8) is 0 Å². The Hall–Kier alpha value is -3.31. The van der Waals surface area contributed by atoms with Crippen molar-refractivity contribution in [2.45, 2.75) is 38.0 Å². The maximum atomic E-state index is 12.2. The molecular weight excluding hydrogens is 456 g/mol. The lowest BCUT2D eigenvalue weighted by molar-refractivity contribution is -0.115. The van der Waals surface area contributed by atoms with Gasteiger partial charge in [-0.2, -0.15) is 0 Å². The summed E-state index contributed by atoms with van der Waals surface area (Å²) in [6.07, 6.45) is 7.78. The van der Waals surface area contributed by atoms with Crippen LogP contribution >= 0.6 is 22.7 Å². The Labute approximate surface area is 198 Å². The van der Waals surface area contributed by atoms with Crippen molar-refractivity contribution in [1.82, 2.24) is 30.4 Å². The summed E-state index contributed by atoms with van der Waals surface area (Å²) in [4.78, 5) is 20.7. The molecule has 33 heavy (non-hydrogen) atoms. The lowest BCUT2D eigenvalue weighted by Crippen LogP contribution is -2.14. The van der Waals surface area contributed by atoms with Gasteiger partial charge in [-0.1, -0.05) is 34.8 Å². The molecule has 0 spiro atoms. The molecule has 0 saturated heterocycles. The number of anilines is 3. The van der Waals surface area contributed by atoms with E-state index in [0.717, 1.165) is 52.3 Å². The van der Waals surface area contributed by atoms with Gasteiger partial charge in [-0.3, -0.25) is 9.78 Å². The van der Waals surface area contributed by atoms with Crippen LogP contribution < -0.4 is 10.6 Å². The van der Waals surface area contributed by atoms with E-state index in [-0.39, 0.29) is 12.3 Å². The van der Waals surface area contributed by atoms with Gasteiger partial charge in [-0.25, -0.2) is 4.98 Å². The minimum absolute atomic E-state index is 0.135. The van der Waals surface area contributed by atoms with Crippen LogP contribution in [-0.2, 0) is 17.6 Å². The van der Waals surface area contributed by atoms with E-state index in [1.165, 1.54) is 11.3 Å². The summed E-state index contributed by atoms with van der Waals surface area (Å²) < 4.78 is 0. The lowest BCUT2D eigenvalue weighted by atomic mass is 10.0. The first kappa shape index (κ1) is 21.5. The van der Waals surface area contributed by atoms with E-state index in [4.69, 9.17) is 0 Å². The number of nitrogens with one attached hydrogen (secondary N) is 2. The predicted molar refractivity (Wildman–Crippen MR) is 128 cm³/mol. The third kappa shape index (κ3) is 5.74. The fourth-order valence-electron chi connectivity index (χ4n) is 3.95. The molecule has 1 amide bonds. The van der Waals surface area contributed by atoms with Gasteiger partial charge in [-0.15, -0.1) is 20.4 Å². The quantitative estimate of drug-likeness (QED) is 0.386. The van der Waals surface area contributed by atoms with Gasteiger partial charge in [0.25, 0.3) is 0 Å². The highest BCUT2D eigenvalue weighted by Crippen LogP contribution is 2.41. The van der Waals surface area contributed by atoms with Crippen LogP contribution in [0.3, 0.4) is 0 Å². The number of aromatic nitrogens is 6. The summed E-state index contributed by atoms with van der Waals surface area (Å²) >= 11 is 3.04. The predicted octanol–water partition coefficient (Wildman–Crippen LogP) is 4.23. The van der Waals surface area contributed by atoms with E-state index in [2.05, 4.69) is 41.0 Å². The van der Waals surface area contributed by atoms with E-state index in [1.54, 1.807) is 23.7 Å². The molecule has 9 nitrogen and oxygen atoms in total. The lowest BCUT2D eigenvalue weighted by Gasteiger charge is -2.07. The van der Waals surface area contributed by atoms with Crippen LogP contribution in [0.15, 0.2) is 48.8 Å². The number of amides is 1. The summed E-state index contributed by atoms with van der Waals surface area (Å²) in [5, 5.41) is 26.5. The highest BCUT2D eigenvalue weighted by molar-refractivity contribution is 7.15. The van der Waals surface area contributed by atoms with Crippen LogP contribution in [0.2, 0.25) is 0 Å². The van der Waals surface area contributed by atoms with Crippen molar-refractivity contribution >= 4 is 44.7 Å². The Morgan fingerprint density at radius 1 is 0.939 bits per heavy atom.